The first-order valence-electron chi connectivity index (χ1n) is 18.5. The zero-order chi connectivity index (χ0) is 37.5. The van der Waals surface area contributed by atoms with Gasteiger partial charge in [-0.15, -0.1) is 0 Å². The minimum atomic E-state index is -2.60. The number of amides is 1. The summed E-state index contributed by atoms with van der Waals surface area (Å²) in [5.41, 5.74) is 1.78. The summed E-state index contributed by atoms with van der Waals surface area (Å²) < 4.78 is 5.72. The van der Waals surface area contributed by atoms with Crippen LogP contribution >= 0.6 is 0 Å². The van der Waals surface area contributed by atoms with Gasteiger partial charge >= 0.3 is 5.97 Å². The zero-order valence-electron chi connectivity index (χ0n) is 30.2. The molecule has 1 saturated carbocycles. The van der Waals surface area contributed by atoms with Crippen molar-refractivity contribution in [2.75, 3.05) is 51.8 Å². The molecule has 280 valence electrons. The van der Waals surface area contributed by atoms with E-state index in [1.807, 2.05) is 42.2 Å². The van der Waals surface area contributed by atoms with Crippen LogP contribution in [0.4, 0.5) is 5.69 Å². The molecule has 8 N–H and O–H groups in total. The average Bonchev–Trinajstić information content (AvgIpc) is 3.79. The fraction of sp³-hybridized carbons (Fsp3) is 0.500. The van der Waals surface area contributed by atoms with Crippen LogP contribution in [-0.4, -0.2) is 134 Å². The Morgan fingerprint density at radius 2 is 1.87 bits per heavy atom. The number of likely N-dealkylation sites (N-methyl/N-ethyl adjacent to an activating group) is 1. The Hall–Kier alpha value is -4.24. The van der Waals surface area contributed by atoms with E-state index in [0.717, 1.165) is 22.0 Å². The highest BCUT2D eigenvalue weighted by Gasteiger charge is 2.79. The highest BCUT2D eigenvalue weighted by atomic mass is 16.5. The number of phenolic OH excluding ortho intramolecular Hbond substituents is 1. The zero-order valence-corrected chi connectivity index (χ0v) is 30.2. The van der Waals surface area contributed by atoms with Crippen LogP contribution in [-0.2, 0) is 31.6 Å². The number of nitrogens with one attached hydrogen (secondary N) is 1. The normalized spacial score (nSPS) is 38.5. The second-order valence-electron chi connectivity index (χ2n) is 16.3. The maximum atomic E-state index is 14.9. The van der Waals surface area contributed by atoms with Crippen LogP contribution in [0.15, 0.2) is 60.2 Å². The molecular formula is C40H47N5O8. The van der Waals surface area contributed by atoms with Crippen molar-refractivity contribution >= 4 is 28.5 Å². The number of anilines is 1. The summed E-state index contributed by atoms with van der Waals surface area (Å²) in [6, 6.07) is 9.27. The Labute approximate surface area is 306 Å². The topological polar surface area (TPSA) is 196 Å². The van der Waals surface area contributed by atoms with Crippen LogP contribution < -0.4 is 10.6 Å². The van der Waals surface area contributed by atoms with Crippen molar-refractivity contribution in [3.63, 3.8) is 0 Å². The molecule has 1 spiro atoms. The molecule has 2 unspecified atom stereocenters. The fourth-order valence-electron chi connectivity index (χ4n) is 11.7. The third-order valence-electron chi connectivity index (χ3n) is 13.8. The highest BCUT2D eigenvalue weighted by Crippen LogP contribution is 2.64. The molecule has 1 aliphatic carbocycles. The molecule has 13 nitrogen and oxygen atoms in total. The number of aliphatic hydroxyl groups is 4. The second-order valence-corrected chi connectivity index (χ2v) is 16.3. The fourth-order valence-corrected chi connectivity index (χ4v) is 11.7. The molecule has 9 atom stereocenters. The number of aliphatic hydroxyl groups excluding tert-OH is 1. The van der Waals surface area contributed by atoms with Crippen molar-refractivity contribution in [1.82, 2.24) is 14.8 Å². The minimum absolute atomic E-state index is 0.0725. The lowest BCUT2D eigenvalue weighted by atomic mass is 9.52. The number of esters is 1. The van der Waals surface area contributed by atoms with Gasteiger partial charge in [-0.1, -0.05) is 48.9 Å². The first-order chi connectivity index (χ1) is 25.2. The number of aromatic nitrogens is 1. The van der Waals surface area contributed by atoms with Crippen LogP contribution in [0.25, 0.3) is 10.9 Å². The van der Waals surface area contributed by atoms with Gasteiger partial charge < -0.3 is 45.9 Å². The highest BCUT2D eigenvalue weighted by molar-refractivity contribution is 5.95. The molecule has 1 aromatic heterocycles. The molecule has 2 aromatic carbocycles. The number of nitrogens with zero attached hydrogens (tertiary/aromatic N) is 3. The lowest BCUT2D eigenvalue weighted by Gasteiger charge is -2.61. The number of phenols is 1. The summed E-state index contributed by atoms with van der Waals surface area (Å²) in [6.45, 7) is 4.45. The van der Waals surface area contributed by atoms with E-state index in [2.05, 4.69) is 9.88 Å². The second kappa shape index (κ2) is 11.2. The molecule has 2 bridgehead atoms. The Bertz CT molecular complexity index is 2150. The maximum Gasteiger partial charge on any atom is 0.322 e. The Balaban J connectivity index is 1.36. The van der Waals surface area contributed by atoms with Gasteiger partial charge in [0.25, 0.3) is 5.91 Å². The molecule has 9 rings (SSSR count). The number of aromatic hydroxyl groups is 1. The molecule has 1 amide bonds. The molecular weight excluding hydrogens is 678 g/mol. The van der Waals surface area contributed by atoms with E-state index in [4.69, 9.17) is 10.5 Å². The van der Waals surface area contributed by atoms with Crippen LogP contribution in [0.3, 0.4) is 0 Å². The lowest BCUT2D eigenvalue weighted by molar-refractivity contribution is -0.223. The smallest absolute Gasteiger partial charge is 0.322 e. The van der Waals surface area contributed by atoms with Crippen molar-refractivity contribution in [1.29, 1.82) is 0 Å². The van der Waals surface area contributed by atoms with E-state index < -0.39 is 57.7 Å². The van der Waals surface area contributed by atoms with Crippen molar-refractivity contribution in [2.45, 2.75) is 78.4 Å². The summed E-state index contributed by atoms with van der Waals surface area (Å²) in [5, 5.41) is 61.5. The average molecular weight is 726 g/mol. The van der Waals surface area contributed by atoms with E-state index in [9.17, 15) is 35.1 Å². The maximum absolute atomic E-state index is 14.9. The van der Waals surface area contributed by atoms with Gasteiger partial charge in [-0.25, -0.2) is 0 Å². The molecule has 0 radical (unpaired) electrons. The number of hydrogen-bond donors (Lipinski definition) is 7. The minimum Gasteiger partial charge on any atom is -0.508 e. The monoisotopic (exact) mass is 725 g/mol. The number of para-hydroxylation sites is 1. The summed E-state index contributed by atoms with van der Waals surface area (Å²) >= 11 is 0. The molecule has 2 fully saturated rings. The number of nitrogens with two attached hydrogens (primary N) is 1. The van der Waals surface area contributed by atoms with E-state index in [1.165, 1.54) is 13.2 Å². The number of ether oxygens (including phenoxy) is 1. The lowest BCUT2D eigenvalue weighted by Crippen LogP contribution is -2.84. The van der Waals surface area contributed by atoms with Gasteiger partial charge in [0.2, 0.25) is 0 Å². The summed E-state index contributed by atoms with van der Waals surface area (Å²) in [4.78, 5) is 37.8. The van der Waals surface area contributed by atoms with Crippen LogP contribution in [0.2, 0.25) is 0 Å². The summed E-state index contributed by atoms with van der Waals surface area (Å²) in [7, 11) is 3.01. The van der Waals surface area contributed by atoms with Crippen LogP contribution in [0.5, 0.6) is 5.75 Å². The van der Waals surface area contributed by atoms with Gasteiger partial charge in [-0.3, -0.25) is 19.4 Å². The number of rotatable bonds is 4. The summed E-state index contributed by atoms with van der Waals surface area (Å²) in [5.74, 6) is -2.00. The van der Waals surface area contributed by atoms with Gasteiger partial charge in [0.15, 0.2) is 5.60 Å². The SMILES string of the molecule is CC[C@]1(O)C=C2CN(CCc3c([nH]c4ccccc34)[C@@](C(=O)OC)(c3cc4c(cc3O)N(C)C3[C@]45CCN4CC=C[C@@](O)([C@@H](O)[C@]3(O)C(N)=O)[C@H]45)C2)C1. The van der Waals surface area contributed by atoms with Gasteiger partial charge in [0, 0.05) is 72.6 Å². The number of carbonyl (C=O) groups is 2. The number of aromatic amines is 1. The number of benzene rings is 2. The van der Waals surface area contributed by atoms with Crippen LogP contribution in [0.1, 0.15) is 48.6 Å². The van der Waals surface area contributed by atoms with Crippen molar-refractivity contribution in [3.8, 4) is 5.75 Å². The predicted octanol–water partition coefficient (Wildman–Crippen LogP) is 0.684. The Morgan fingerprint density at radius 1 is 1.09 bits per heavy atom. The third kappa shape index (κ3) is 4.18. The number of methoxy groups -OCH3 is 1. The van der Waals surface area contributed by atoms with E-state index in [-0.39, 0.29) is 17.7 Å². The number of primary amides is 1. The Morgan fingerprint density at radius 3 is 2.60 bits per heavy atom. The first kappa shape index (κ1) is 34.5. The molecule has 53 heavy (non-hydrogen) atoms. The van der Waals surface area contributed by atoms with Gasteiger partial charge in [-0.05, 0) is 55.5 Å². The molecule has 6 heterocycles. The van der Waals surface area contributed by atoms with Gasteiger partial charge in [0.1, 0.15) is 22.9 Å². The molecule has 6 aliphatic rings. The number of carbonyl (C=O) groups excluding carboxylic acids is 2. The van der Waals surface area contributed by atoms with Gasteiger partial charge in [-0.2, -0.15) is 0 Å². The van der Waals surface area contributed by atoms with Crippen molar-refractivity contribution in [2.24, 2.45) is 5.73 Å². The van der Waals surface area contributed by atoms with Crippen LogP contribution in [0, 0.1) is 0 Å². The van der Waals surface area contributed by atoms with Gasteiger partial charge in [0.05, 0.1) is 24.8 Å². The van der Waals surface area contributed by atoms with E-state index in [1.54, 1.807) is 30.2 Å². The largest absolute Gasteiger partial charge is 0.508 e. The molecule has 3 aromatic rings. The standard InChI is InChI=1S/C40H47N5O8/c1-4-36(50)18-22-19-38(35(49)53-3,30-24(10-14-44(20-22)21-36)23-8-5-6-9-27(23)42-30)26-16-25-28(17-29(26)46)43(2)32-37(25)12-15-45-13-7-11-39(51,31(37)45)33(47)40(32,52)34(41)48/h5-9,11,16-18,31-33,42,46-47,50-52H,4,10,12-15,19-21H2,1-3H3,(H2,41,48)/t31-,32?,33-,36+,37-,38+,39+,40+/m1/s1. The van der Waals surface area contributed by atoms with Crippen molar-refractivity contribution < 1.29 is 39.9 Å². The Kier molecular flexibility index (Phi) is 7.27. The quantitative estimate of drug-likeness (QED) is 0.148. The number of fused-ring (bicyclic) bond motifs is 6. The van der Waals surface area contributed by atoms with Crippen molar-refractivity contribution in [3.05, 3.63) is 82.6 Å². The number of H-pyrrole nitrogens is 1. The number of hydrogen-bond acceptors (Lipinski definition) is 11. The summed E-state index contributed by atoms with van der Waals surface area (Å²) in [6.07, 6.45) is 4.56. The molecule has 13 heteroatoms. The van der Waals surface area contributed by atoms with E-state index in [0.29, 0.717) is 68.9 Å². The predicted molar refractivity (Wildman–Crippen MR) is 195 cm³/mol. The molecule has 1 saturated heterocycles. The van der Waals surface area contributed by atoms with E-state index >= 15 is 0 Å². The molecule has 5 aliphatic heterocycles. The first-order valence-corrected chi connectivity index (χ1v) is 18.5. The third-order valence-corrected chi connectivity index (χ3v) is 13.8.